The third-order valence-electron chi connectivity index (χ3n) is 9.08. The Hall–Kier alpha value is -2.41. The number of allylic oxidation sites excluding steroid dienone is 8. The Morgan fingerprint density at radius 2 is 0.930 bits per heavy atom. The molecule has 43 heavy (non-hydrogen) atoms. The Morgan fingerprint density at radius 1 is 0.512 bits per heavy atom. The van der Waals surface area contributed by atoms with Crippen LogP contribution in [0.3, 0.4) is 0 Å². The maximum atomic E-state index is 2.69. The molecular weight excluding hydrogens is 703 g/mol. The van der Waals surface area contributed by atoms with Crippen LogP contribution < -0.4 is 29.2 Å². The summed E-state index contributed by atoms with van der Waals surface area (Å²) in [6, 6.07) is 42.9. The third-order valence-corrected chi connectivity index (χ3v) is 39.7. The van der Waals surface area contributed by atoms with Gasteiger partial charge in [-0.25, -0.2) is 0 Å². The largest absolute Gasteiger partial charge is 1.00 e. The zero-order valence-electron chi connectivity index (χ0n) is 24.8. The second kappa shape index (κ2) is 13.7. The molecule has 5 aromatic rings. The van der Waals surface area contributed by atoms with E-state index in [0.717, 1.165) is 12.8 Å². The molecule has 0 radical (unpaired) electrons. The molecule has 0 bridgehead atoms. The molecule has 0 saturated heterocycles. The quantitative estimate of drug-likeness (QED) is 0.240. The summed E-state index contributed by atoms with van der Waals surface area (Å²) in [6.45, 7) is 4.88. The zero-order chi connectivity index (χ0) is 27.9. The van der Waals surface area contributed by atoms with E-state index in [4.69, 9.17) is 0 Å². The van der Waals surface area contributed by atoms with E-state index in [0.29, 0.717) is 0 Å². The van der Waals surface area contributed by atoms with Crippen molar-refractivity contribution in [2.75, 3.05) is 0 Å². The first-order valence-electron chi connectivity index (χ1n) is 14.7. The first-order chi connectivity index (χ1) is 20.1. The van der Waals surface area contributed by atoms with Gasteiger partial charge >= 0.3 is 254 Å². The van der Waals surface area contributed by atoms with E-state index in [1.54, 1.807) is 15.5 Å². The monoisotopic (exact) mass is 736 g/mol. The van der Waals surface area contributed by atoms with Gasteiger partial charge in [0.2, 0.25) is 0 Å². The summed E-state index contributed by atoms with van der Waals surface area (Å²) in [4.78, 5) is 0. The Morgan fingerprint density at radius 3 is 1.42 bits per heavy atom. The van der Waals surface area contributed by atoms with Crippen LogP contribution in [-0.4, -0.2) is 9.98 Å². The second-order valence-electron chi connectivity index (χ2n) is 11.3. The zero-order valence-corrected chi connectivity index (χ0v) is 30.9. The van der Waals surface area contributed by atoms with Crippen molar-refractivity contribution in [2.45, 2.75) is 32.4 Å². The minimum Gasteiger partial charge on any atom is -1.00 e. The van der Waals surface area contributed by atoms with E-state index < -0.39 is 28.6 Å². The molecule has 0 nitrogen and oxygen atoms in total. The van der Waals surface area contributed by atoms with E-state index >= 15 is 0 Å². The number of rotatable bonds is 5. The van der Waals surface area contributed by atoms with Crippen molar-refractivity contribution in [3.63, 3.8) is 0 Å². The minimum atomic E-state index is -2.20. The molecule has 0 heterocycles. The standard InChI is InChI=1S/2C16H13.C7H8Ge.2ClH.Zr/c2*1-12-6-4-10-14(12)16-11-5-8-13-7-2-3-9-15(13)16;1-8-7-5-3-2-4-6-7;;;/h2*2-3,5,7-11H,4H2,1H3;2-6H,1H3;2*1H;/q;;;;;+2/p-2. The van der Waals surface area contributed by atoms with Gasteiger partial charge in [0.15, 0.2) is 0 Å². The molecule has 2 aliphatic carbocycles. The minimum absolute atomic E-state index is 0. The summed E-state index contributed by atoms with van der Waals surface area (Å²) in [5.74, 6) is 2.69. The summed E-state index contributed by atoms with van der Waals surface area (Å²) < 4.78 is 5.36. The Labute approximate surface area is 276 Å². The molecule has 7 rings (SSSR count). The van der Waals surface area contributed by atoms with Gasteiger partial charge in [-0.3, -0.25) is 0 Å². The van der Waals surface area contributed by atoms with Crippen LogP contribution in [0, 0.1) is 0 Å². The van der Waals surface area contributed by atoms with Gasteiger partial charge in [-0.15, -0.1) is 0 Å². The fourth-order valence-electron chi connectivity index (χ4n) is 6.94. The summed E-state index contributed by atoms with van der Waals surface area (Å²) in [5, 5.41) is 5.41. The van der Waals surface area contributed by atoms with Crippen LogP contribution >= 0.6 is 0 Å². The molecule has 0 atom stereocenters. The van der Waals surface area contributed by atoms with Crippen LogP contribution in [0.1, 0.15) is 37.8 Å². The molecule has 2 aliphatic rings. The van der Waals surface area contributed by atoms with Crippen molar-refractivity contribution in [1.29, 1.82) is 0 Å². The molecule has 0 fully saturated rings. The van der Waals surface area contributed by atoms with Gasteiger partial charge in [0.05, 0.1) is 0 Å². The fraction of sp³-hybridized carbons (Fsp3) is 0.128. The Kier molecular flexibility index (Phi) is 10.2. The molecule has 5 aromatic carbocycles. The first-order valence-corrected chi connectivity index (χ1v) is 27.7. The molecule has 0 amide bonds. The molecule has 0 spiro atoms. The van der Waals surface area contributed by atoms with Gasteiger partial charge in [0, 0.05) is 0 Å². The number of hydrogen-bond acceptors (Lipinski definition) is 0. The normalized spacial score (nSPS) is 14.2. The van der Waals surface area contributed by atoms with Gasteiger partial charge in [0.25, 0.3) is 0 Å². The van der Waals surface area contributed by atoms with Crippen molar-refractivity contribution in [1.82, 2.24) is 0 Å². The number of halogens is 2. The van der Waals surface area contributed by atoms with Crippen LogP contribution in [0.2, 0.25) is 5.76 Å². The Balaban J connectivity index is 0.00000184. The Bertz CT molecular complexity index is 1880. The van der Waals surface area contributed by atoms with Crippen molar-refractivity contribution in [3.05, 3.63) is 156 Å². The molecule has 4 heteroatoms. The van der Waals surface area contributed by atoms with Gasteiger partial charge in [-0.05, 0) is 0 Å². The SMILES string of the molecule is CC1=[C]([Zr+2]([C]2=C(C)C(c3cccc4ccccc34)=CC2)=[Ge]([CH3])[c]2ccccc2)CC=C1c1cccc2ccccc12.[Cl-].[Cl-]. The fourth-order valence-corrected chi connectivity index (χ4v) is 40.4. The first kappa shape index (κ1) is 32.0. The summed E-state index contributed by atoms with van der Waals surface area (Å²) in [5.41, 5.74) is 8.93. The predicted octanol–water partition coefficient (Wildman–Crippen LogP) is 3.97. The van der Waals surface area contributed by atoms with Crippen LogP contribution in [0.25, 0.3) is 32.7 Å². The van der Waals surface area contributed by atoms with E-state index in [1.165, 1.54) is 43.8 Å². The van der Waals surface area contributed by atoms with Crippen LogP contribution in [0.5, 0.6) is 0 Å². The van der Waals surface area contributed by atoms with Crippen LogP contribution in [0.15, 0.2) is 145 Å². The van der Waals surface area contributed by atoms with Crippen molar-refractivity contribution in [2.24, 2.45) is 0 Å². The van der Waals surface area contributed by atoms with Crippen LogP contribution in [0.4, 0.5) is 0 Å². The second-order valence-corrected chi connectivity index (χ2v) is 35.7. The molecule has 0 N–H and O–H groups in total. The maximum Gasteiger partial charge on any atom is -1.00 e. The van der Waals surface area contributed by atoms with Crippen molar-refractivity contribution < 1.29 is 43.4 Å². The molecule has 0 aromatic heterocycles. The topological polar surface area (TPSA) is 0 Å². The van der Waals surface area contributed by atoms with E-state index in [1.807, 2.05) is 6.56 Å². The maximum absolute atomic E-state index is 2.69. The van der Waals surface area contributed by atoms with Gasteiger partial charge in [-0.2, -0.15) is 0 Å². The summed E-state index contributed by atoms with van der Waals surface area (Å²) in [7, 11) is -1.54. The summed E-state index contributed by atoms with van der Waals surface area (Å²) in [6.07, 6.45) is 7.40. The predicted molar refractivity (Wildman–Crippen MR) is 176 cm³/mol. The van der Waals surface area contributed by atoms with Crippen LogP contribution in [-0.2, 0) is 18.6 Å². The molecule has 0 unspecified atom stereocenters. The van der Waals surface area contributed by atoms with Crippen molar-refractivity contribution >= 4 is 47.1 Å². The molecule has 0 saturated carbocycles. The number of hydrogen-bond donors (Lipinski definition) is 0. The van der Waals surface area contributed by atoms with E-state index in [2.05, 4.69) is 147 Å². The molecular formula is C39H34Cl2GeZr. The van der Waals surface area contributed by atoms with Crippen molar-refractivity contribution in [3.8, 4) is 0 Å². The van der Waals surface area contributed by atoms with E-state index in [9.17, 15) is 0 Å². The number of fused-ring (bicyclic) bond motifs is 2. The third kappa shape index (κ3) is 5.87. The number of benzene rings is 5. The smallest absolute Gasteiger partial charge is 1.00 e. The van der Waals surface area contributed by atoms with E-state index in [-0.39, 0.29) is 24.8 Å². The van der Waals surface area contributed by atoms with Gasteiger partial charge in [0.1, 0.15) is 0 Å². The van der Waals surface area contributed by atoms with Gasteiger partial charge < -0.3 is 24.8 Å². The molecule has 212 valence electrons. The molecule has 0 aliphatic heterocycles. The average molecular weight is 737 g/mol. The summed E-state index contributed by atoms with van der Waals surface area (Å²) >= 11 is -2.20. The average Bonchev–Trinajstić information content (AvgIpc) is 3.59. The van der Waals surface area contributed by atoms with Gasteiger partial charge in [-0.1, -0.05) is 0 Å².